The molecule has 4 rings (SSSR count). The number of fused-ring (bicyclic) bond motifs is 1. The average molecular weight is 475 g/mol. The van der Waals surface area contributed by atoms with E-state index in [4.69, 9.17) is 9.47 Å². The normalized spacial score (nSPS) is 14.1. The van der Waals surface area contributed by atoms with E-state index in [0.29, 0.717) is 16.9 Å². The van der Waals surface area contributed by atoms with Gasteiger partial charge in [-0.1, -0.05) is 0 Å². The number of esters is 1. The van der Waals surface area contributed by atoms with Crippen molar-refractivity contribution in [3.05, 3.63) is 54.1 Å². The van der Waals surface area contributed by atoms with E-state index in [0.717, 1.165) is 12.8 Å². The molecule has 1 saturated carbocycles. The number of carbonyl (C=O) groups excluding carboxylic acids is 2. The lowest BCUT2D eigenvalue weighted by Crippen LogP contribution is -2.38. The molecule has 0 radical (unpaired) electrons. The van der Waals surface area contributed by atoms with Crippen molar-refractivity contribution in [2.75, 3.05) is 6.54 Å². The van der Waals surface area contributed by atoms with Crippen molar-refractivity contribution in [3.63, 3.8) is 0 Å². The summed E-state index contributed by atoms with van der Waals surface area (Å²) >= 11 is 0. The topological polar surface area (TPSA) is 134 Å². The van der Waals surface area contributed by atoms with Crippen LogP contribution in [0.1, 0.15) is 49.8 Å². The van der Waals surface area contributed by atoms with Gasteiger partial charge in [-0.2, -0.15) is 5.26 Å². The van der Waals surface area contributed by atoms with Crippen LogP contribution in [0, 0.1) is 23.2 Å². The summed E-state index contributed by atoms with van der Waals surface area (Å²) < 4.78 is 11.2. The first-order chi connectivity index (χ1) is 16.7. The number of hydrogen-bond acceptors (Lipinski definition) is 8. The molecule has 1 aliphatic carbocycles. The molecule has 2 heterocycles. The molecule has 2 N–H and O–H groups in total. The molecule has 180 valence electrons. The Morgan fingerprint density at radius 2 is 2.00 bits per heavy atom. The second kappa shape index (κ2) is 9.58. The van der Waals surface area contributed by atoms with E-state index in [1.807, 2.05) is 6.07 Å². The summed E-state index contributed by atoms with van der Waals surface area (Å²) in [4.78, 5) is 33.6. The van der Waals surface area contributed by atoms with Gasteiger partial charge in [0.25, 0.3) is 5.91 Å². The average Bonchev–Trinajstić information content (AvgIpc) is 3.64. The molecular weight excluding hydrogens is 448 g/mol. The number of carbonyl (C=O) groups is 2. The Morgan fingerprint density at radius 1 is 1.23 bits per heavy atom. The Balaban J connectivity index is 1.56. The van der Waals surface area contributed by atoms with Crippen LogP contribution < -0.4 is 10.1 Å². The molecule has 1 aliphatic rings. The van der Waals surface area contributed by atoms with Gasteiger partial charge < -0.3 is 19.9 Å². The highest BCUT2D eigenvalue weighted by atomic mass is 16.6. The van der Waals surface area contributed by atoms with E-state index >= 15 is 0 Å². The molecule has 0 saturated heterocycles. The largest absolute Gasteiger partial charge is 0.505 e. The Labute approximate surface area is 202 Å². The number of nitrogens with zero attached hydrogens (tertiary/aromatic N) is 3. The Morgan fingerprint density at radius 3 is 2.63 bits per heavy atom. The maximum atomic E-state index is 12.9. The molecule has 9 heteroatoms. The molecule has 0 spiro atoms. The zero-order valence-electron chi connectivity index (χ0n) is 19.7. The fourth-order valence-electron chi connectivity index (χ4n) is 3.73. The number of aromatic hydroxyl groups is 1. The lowest BCUT2D eigenvalue weighted by molar-refractivity contribution is -0.160. The summed E-state index contributed by atoms with van der Waals surface area (Å²) in [7, 11) is 0. The van der Waals surface area contributed by atoms with Crippen LogP contribution in [0.5, 0.6) is 17.2 Å². The number of ether oxygens (including phenoxy) is 2. The van der Waals surface area contributed by atoms with Crippen molar-refractivity contribution in [1.29, 1.82) is 5.26 Å². The second-order valence-corrected chi connectivity index (χ2v) is 9.46. The predicted octanol–water partition coefficient (Wildman–Crippen LogP) is 4.10. The monoisotopic (exact) mass is 474 g/mol. The number of aromatic nitrogens is 2. The number of rotatable bonds is 7. The van der Waals surface area contributed by atoms with Gasteiger partial charge in [-0.15, -0.1) is 0 Å². The molecule has 1 atom stereocenters. The van der Waals surface area contributed by atoms with E-state index in [2.05, 4.69) is 15.3 Å². The highest BCUT2D eigenvalue weighted by Gasteiger charge is 2.39. The third kappa shape index (κ3) is 5.66. The van der Waals surface area contributed by atoms with Gasteiger partial charge in [0, 0.05) is 23.5 Å². The van der Waals surface area contributed by atoms with Crippen LogP contribution >= 0.6 is 0 Å². The van der Waals surface area contributed by atoms with Crippen molar-refractivity contribution in [2.24, 2.45) is 11.8 Å². The smallest absolute Gasteiger partial charge is 0.311 e. The fraction of sp³-hybridized carbons (Fsp3) is 0.346. The maximum absolute atomic E-state index is 12.9. The minimum absolute atomic E-state index is 0.0366. The van der Waals surface area contributed by atoms with Crippen molar-refractivity contribution in [1.82, 2.24) is 15.3 Å². The quantitative estimate of drug-likeness (QED) is 0.489. The van der Waals surface area contributed by atoms with Gasteiger partial charge in [-0.3, -0.25) is 14.6 Å². The molecule has 1 amide bonds. The van der Waals surface area contributed by atoms with Gasteiger partial charge in [-0.25, -0.2) is 4.98 Å². The number of benzene rings is 1. The molecule has 1 unspecified atom stereocenters. The standard InChI is InChI=1S/C26H26N4O5/c1-26(2,3)35-25(33)20(15-6-7-15)14-29-24(32)22-23(31)18-9-8-16(11-19(18)21(12-27)30-22)34-17-5-4-10-28-13-17/h4-5,8-11,13,15,20,31H,6-7,14H2,1-3H3,(H,29,32). The maximum Gasteiger partial charge on any atom is 0.311 e. The van der Waals surface area contributed by atoms with Crippen LogP contribution in [0.3, 0.4) is 0 Å². The van der Waals surface area contributed by atoms with Gasteiger partial charge in [0.1, 0.15) is 28.9 Å². The minimum atomic E-state index is -0.675. The predicted molar refractivity (Wildman–Crippen MR) is 127 cm³/mol. The van der Waals surface area contributed by atoms with E-state index in [1.165, 1.54) is 0 Å². The molecule has 9 nitrogen and oxygen atoms in total. The zero-order valence-corrected chi connectivity index (χ0v) is 19.7. The molecule has 35 heavy (non-hydrogen) atoms. The first-order valence-electron chi connectivity index (χ1n) is 11.3. The van der Waals surface area contributed by atoms with Crippen LogP contribution in [0.4, 0.5) is 0 Å². The number of nitrogens with one attached hydrogen (secondary N) is 1. The van der Waals surface area contributed by atoms with E-state index in [-0.39, 0.29) is 41.0 Å². The Kier molecular flexibility index (Phi) is 6.56. The molecule has 2 aromatic heterocycles. The van der Waals surface area contributed by atoms with Crippen molar-refractivity contribution in [3.8, 4) is 23.3 Å². The van der Waals surface area contributed by atoms with Gasteiger partial charge in [0.2, 0.25) is 0 Å². The summed E-state index contributed by atoms with van der Waals surface area (Å²) in [5.74, 6) is -0.802. The minimum Gasteiger partial charge on any atom is -0.505 e. The first kappa shape index (κ1) is 24.0. The summed E-state index contributed by atoms with van der Waals surface area (Å²) in [6, 6.07) is 10.2. The zero-order chi connectivity index (χ0) is 25.2. The van der Waals surface area contributed by atoms with Crippen molar-refractivity contribution in [2.45, 2.75) is 39.2 Å². The lowest BCUT2D eigenvalue weighted by atomic mass is 10.0. The number of pyridine rings is 2. The molecule has 1 fully saturated rings. The second-order valence-electron chi connectivity index (χ2n) is 9.46. The van der Waals surface area contributed by atoms with Crippen LogP contribution in [-0.2, 0) is 9.53 Å². The van der Waals surface area contributed by atoms with E-state index < -0.39 is 17.4 Å². The third-order valence-corrected chi connectivity index (χ3v) is 5.52. The highest BCUT2D eigenvalue weighted by Crippen LogP contribution is 2.38. The molecular formula is C26H26N4O5. The van der Waals surface area contributed by atoms with E-state index in [9.17, 15) is 20.0 Å². The highest BCUT2D eigenvalue weighted by molar-refractivity contribution is 6.03. The van der Waals surface area contributed by atoms with Crippen LogP contribution in [0.2, 0.25) is 0 Å². The number of hydrogen-bond donors (Lipinski definition) is 2. The SMILES string of the molecule is CC(C)(C)OC(=O)C(CNC(=O)c1nc(C#N)c2cc(Oc3cccnc3)ccc2c1O)C1CC1. The molecule has 0 aliphatic heterocycles. The molecule has 0 bridgehead atoms. The van der Waals surface area contributed by atoms with Gasteiger partial charge in [0.05, 0.1) is 12.1 Å². The van der Waals surface area contributed by atoms with Gasteiger partial charge in [-0.05, 0) is 69.9 Å². The Hall–Kier alpha value is -4.19. The van der Waals surface area contributed by atoms with Gasteiger partial charge >= 0.3 is 5.97 Å². The van der Waals surface area contributed by atoms with Crippen LogP contribution in [0.25, 0.3) is 10.8 Å². The fourth-order valence-corrected chi connectivity index (χ4v) is 3.73. The van der Waals surface area contributed by atoms with Gasteiger partial charge in [0.15, 0.2) is 11.4 Å². The third-order valence-electron chi connectivity index (χ3n) is 5.52. The summed E-state index contributed by atoms with van der Waals surface area (Å²) in [6.45, 7) is 5.43. The molecule has 3 aromatic rings. The lowest BCUT2D eigenvalue weighted by Gasteiger charge is -2.24. The molecule has 1 aromatic carbocycles. The number of amides is 1. The first-order valence-corrected chi connectivity index (χ1v) is 11.3. The van der Waals surface area contributed by atoms with Crippen molar-refractivity contribution >= 4 is 22.6 Å². The van der Waals surface area contributed by atoms with Crippen LogP contribution in [0.15, 0.2) is 42.7 Å². The summed E-state index contributed by atoms with van der Waals surface area (Å²) in [5.41, 5.74) is -0.951. The Bertz CT molecular complexity index is 1310. The van der Waals surface area contributed by atoms with Crippen molar-refractivity contribution < 1.29 is 24.2 Å². The number of nitriles is 1. The van der Waals surface area contributed by atoms with E-state index in [1.54, 1.807) is 63.5 Å². The summed E-state index contributed by atoms with van der Waals surface area (Å²) in [6.07, 6.45) is 4.95. The van der Waals surface area contributed by atoms with Crippen LogP contribution in [-0.4, -0.2) is 39.1 Å². The summed E-state index contributed by atoms with van der Waals surface area (Å²) in [5, 5.41) is 23.8.